The van der Waals surface area contributed by atoms with Crippen LogP contribution in [0.1, 0.15) is 16.7 Å². The van der Waals surface area contributed by atoms with Gasteiger partial charge in [0.15, 0.2) is 6.61 Å². The molecule has 1 amide bonds. The van der Waals surface area contributed by atoms with E-state index in [0.29, 0.717) is 30.2 Å². The fourth-order valence-corrected chi connectivity index (χ4v) is 3.11. The van der Waals surface area contributed by atoms with E-state index in [1.54, 1.807) is 43.4 Å². The SMILES string of the molecule is COc1ccc(OC)c(/C=C/C(=O)OCC(=O)N2CCc3ccccc3C2)c1. The quantitative estimate of drug-likeness (QED) is 0.569. The van der Waals surface area contributed by atoms with Crippen molar-refractivity contribution in [2.24, 2.45) is 0 Å². The van der Waals surface area contributed by atoms with Crippen molar-refractivity contribution in [1.29, 1.82) is 0 Å². The van der Waals surface area contributed by atoms with E-state index in [-0.39, 0.29) is 12.5 Å². The molecule has 0 saturated carbocycles. The van der Waals surface area contributed by atoms with E-state index in [1.807, 2.05) is 18.2 Å². The highest BCUT2D eigenvalue weighted by atomic mass is 16.5. The predicted molar refractivity (Wildman–Crippen MR) is 105 cm³/mol. The molecular weight excluding hydrogens is 358 g/mol. The molecule has 0 aromatic heterocycles. The average Bonchev–Trinajstić information content (AvgIpc) is 2.75. The van der Waals surface area contributed by atoms with Crippen LogP contribution in [0.25, 0.3) is 6.08 Å². The zero-order valence-corrected chi connectivity index (χ0v) is 16.0. The molecule has 28 heavy (non-hydrogen) atoms. The molecule has 0 fully saturated rings. The molecule has 0 N–H and O–H groups in total. The normalized spacial score (nSPS) is 13.1. The lowest BCUT2D eigenvalue weighted by Crippen LogP contribution is -2.38. The van der Waals surface area contributed by atoms with Crippen LogP contribution in [-0.4, -0.2) is 44.1 Å². The van der Waals surface area contributed by atoms with Crippen LogP contribution in [-0.2, 0) is 27.3 Å². The minimum atomic E-state index is -0.587. The summed E-state index contributed by atoms with van der Waals surface area (Å²) >= 11 is 0. The van der Waals surface area contributed by atoms with E-state index in [0.717, 1.165) is 12.0 Å². The number of ether oxygens (including phenoxy) is 3. The van der Waals surface area contributed by atoms with Crippen molar-refractivity contribution in [3.63, 3.8) is 0 Å². The molecule has 0 radical (unpaired) electrons. The first-order chi connectivity index (χ1) is 13.6. The molecule has 6 nitrogen and oxygen atoms in total. The van der Waals surface area contributed by atoms with Crippen LogP contribution in [0.15, 0.2) is 48.5 Å². The van der Waals surface area contributed by atoms with Crippen molar-refractivity contribution < 1.29 is 23.8 Å². The zero-order chi connectivity index (χ0) is 19.9. The average molecular weight is 381 g/mol. The summed E-state index contributed by atoms with van der Waals surface area (Å²) in [6, 6.07) is 13.3. The number of carbonyl (C=O) groups excluding carboxylic acids is 2. The number of nitrogens with zero attached hydrogens (tertiary/aromatic N) is 1. The van der Waals surface area contributed by atoms with Gasteiger partial charge in [0.1, 0.15) is 11.5 Å². The second kappa shape index (κ2) is 9.08. The van der Waals surface area contributed by atoms with E-state index < -0.39 is 5.97 Å². The number of esters is 1. The third kappa shape index (κ3) is 4.71. The lowest BCUT2D eigenvalue weighted by atomic mass is 10.00. The first kappa shape index (κ1) is 19.5. The predicted octanol–water partition coefficient (Wildman–Crippen LogP) is 2.85. The van der Waals surface area contributed by atoms with Crippen LogP contribution >= 0.6 is 0 Å². The Bertz CT molecular complexity index is 890. The number of hydrogen-bond acceptors (Lipinski definition) is 5. The number of fused-ring (bicyclic) bond motifs is 1. The van der Waals surface area contributed by atoms with Crippen LogP contribution in [0.3, 0.4) is 0 Å². The fraction of sp³-hybridized carbons (Fsp3) is 0.273. The van der Waals surface area contributed by atoms with Crippen molar-refractivity contribution in [3.8, 4) is 11.5 Å². The molecule has 0 saturated heterocycles. The molecule has 1 aliphatic rings. The Hall–Kier alpha value is -3.28. The van der Waals surface area contributed by atoms with Crippen molar-refractivity contribution in [1.82, 2.24) is 4.90 Å². The van der Waals surface area contributed by atoms with Crippen molar-refractivity contribution in [3.05, 3.63) is 65.2 Å². The largest absolute Gasteiger partial charge is 0.497 e. The maximum Gasteiger partial charge on any atom is 0.331 e. The minimum absolute atomic E-state index is 0.199. The molecule has 0 spiro atoms. The second-order valence-electron chi connectivity index (χ2n) is 6.38. The molecular formula is C22H23NO5. The van der Waals surface area contributed by atoms with E-state index >= 15 is 0 Å². The fourth-order valence-electron chi connectivity index (χ4n) is 3.11. The minimum Gasteiger partial charge on any atom is -0.497 e. The molecule has 0 aliphatic carbocycles. The third-order valence-corrected chi connectivity index (χ3v) is 4.66. The molecule has 6 heteroatoms. The van der Waals surface area contributed by atoms with Crippen LogP contribution < -0.4 is 9.47 Å². The van der Waals surface area contributed by atoms with E-state index in [2.05, 4.69) is 6.07 Å². The maximum absolute atomic E-state index is 12.4. The highest BCUT2D eigenvalue weighted by molar-refractivity contribution is 5.89. The van der Waals surface area contributed by atoms with Crippen LogP contribution in [0.2, 0.25) is 0 Å². The van der Waals surface area contributed by atoms with Gasteiger partial charge >= 0.3 is 5.97 Å². The molecule has 0 unspecified atom stereocenters. The smallest absolute Gasteiger partial charge is 0.331 e. The Kier molecular flexibility index (Phi) is 6.32. The number of rotatable bonds is 6. The van der Waals surface area contributed by atoms with Crippen molar-refractivity contribution >= 4 is 18.0 Å². The zero-order valence-electron chi connectivity index (χ0n) is 16.0. The molecule has 0 atom stereocenters. The van der Waals surface area contributed by atoms with Gasteiger partial charge in [0.05, 0.1) is 14.2 Å². The summed E-state index contributed by atoms with van der Waals surface area (Å²) in [5, 5.41) is 0. The molecule has 0 bridgehead atoms. The number of benzene rings is 2. The summed E-state index contributed by atoms with van der Waals surface area (Å²) in [4.78, 5) is 26.1. The summed E-state index contributed by atoms with van der Waals surface area (Å²) in [5.41, 5.74) is 3.08. The molecule has 3 rings (SSSR count). The second-order valence-corrected chi connectivity index (χ2v) is 6.38. The lowest BCUT2D eigenvalue weighted by Gasteiger charge is -2.28. The molecule has 1 aliphatic heterocycles. The Morgan fingerprint density at radius 2 is 1.86 bits per heavy atom. The van der Waals surface area contributed by atoms with Gasteiger partial charge in [0.25, 0.3) is 5.91 Å². The van der Waals surface area contributed by atoms with Gasteiger partial charge in [-0.3, -0.25) is 4.79 Å². The van der Waals surface area contributed by atoms with Gasteiger partial charge in [-0.1, -0.05) is 24.3 Å². The summed E-state index contributed by atoms with van der Waals surface area (Å²) in [7, 11) is 3.11. The van der Waals surface area contributed by atoms with E-state index in [1.165, 1.54) is 11.6 Å². The monoisotopic (exact) mass is 381 g/mol. The van der Waals surface area contributed by atoms with Crippen LogP contribution in [0.5, 0.6) is 11.5 Å². The summed E-state index contributed by atoms with van der Waals surface area (Å²) in [5.74, 6) is 0.466. The third-order valence-electron chi connectivity index (χ3n) is 4.66. The van der Waals surface area contributed by atoms with Gasteiger partial charge in [-0.15, -0.1) is 0 Å². The lowest BCUT2D eigenvalue weighted by molar-refractivity contribution is -0.148. The van der Waals surface area contributed by atoms with E-state index in [4.69, 9.17) is 14.2 Å². The molecule has 2 aromatic rings. The van der Waals surface area contributed by atoms with Gasteiger partial charge in [-0.05, 0) is 41.8 Å². The molecule has 146 valence electrons. The summed E-state index contributed by atoms with van der Waals surface area (Å²) in [6.45, 7) is 0.897. The van der Waals surface area contributed by atoms with E-state index in [9.17, 15) is 9.59 Å². The summed E-state index contributed by atoms with van der Waals surface area (Å²) in [6.07, 6.45) is 3.66. The van der Waals surface area contributed by atoms with Gasteiger partial charge in [0.2, 0.25) is 0 Å². The van der Waals surface area contributed by atoms with Gasteiger partial charge < -0.3 is 19.1 Å². The highest BCUT2D eigenvalue weighted by Gasteiger charge is 2.21. The summed E-state index contributed by atoms with van der Waals surface area (Å²) < 4.78 is 15.5. The Balaban J connectivity index is 1.55. The number of methoxy groups -OCH3 is 2. The Labute approximate surface area is 164 Å². The van der Waals surface area contributed by atoms with Crippen molar-refractivity contribution in [2.45, 2.75) is 13.0 Å². The standard InChI is InChI=1S/C22H23NO5/c1-26-19-8-9-20(27-2)17(13-19)7-10-22(25)28-15-21(24)23-12-11-16-5-3-4-6-18(16)14-23/h3-10,13H,11-12,14-15H2,1-2H3/b10-7+. The number of hydrogen-bond donors (Lipinski definition) is 0. The highest BCUT2D eigenvalue weighted by Crippen LogP contribution is 2.25. The van der Waals surface area contributed by atoms with Gasteiger partial charge in [-0.2, -0.15) is 0 Å². The Morgan fingerprint density at radius 1 is 1.07 bits per heavy atom. The number of amides is 1. The first-order valence-corrected chi connectivity index (χ1v) is 9.02. The molecule has 1 heterocycles. The van der Waals surface area contributed by atoms with Crippen LogP contribution in [0.4, 0.5) is 0 Å². The topological polar surface area (TPSA) is 65.1 Å². The maximum atomic E-state index is 12.4. The number of carbonyl (C=O) groups is 2. The first-order valence-electron chi connectivity index (χ1n) is 9.02. The molecule has 2 aromatic carbocycles. The van der Waals surface area contributed by atoms with Crippen LogP contribution in [0, 0.1) is 0 Å². The van der Waals surface area contributed by atoms with Crippen molar-refractivity contribution in [2.75, 3.05) is 27.4 Å². The Morgan fingerprint density at radius 3 is 2.61 bits per heavy atom. The van der Waals surface area contributed by atoms with Gasteiger partial charge in [0, 0.05) is 24.7 Å². The van der Waals surface area contributed by atoms with Gasteiger partial charge in [-0.25, -0.2) is 4.79 Å².